The number of carbonyl (C=O) groups is 2. The van der Waals surface area contributed by atoms with Crippen LogP contribution in [-0.4, -0.2) is 84.3 Å². The summed E-state index contributed by atoms with van der Waals surface area (Å²) in [4.78, 5) is 33.3. The van der Waals surface area contributed by atoms with Gasteiger partial charge < -0.3 is 19.6 Å². The molecule has 11 nitrogen and oxygen atoms in total. The lowest BCUT2D eigenvalue weighted by atomic mass is 9.75. The van der Waals surface area contributed by atoms with Gasteiger partial charge in [0.05, 0.1) is 17.2 Å². The summed E-state index contributed by atoms with van der Waals surface area (Å²) in [5.41, 5.74) is 1.01. The van der Waals surface area contributed by atoms with Gasteiger partial charge in [-0.15, -0.1) is 5.10 Å². The van der Waals surface area contributed by atoms with Gasteiger partial charge in [-0.25, -0.2) is 9.78 Å². The van der Waals surface area contributed by atoms with Crippen molar-refractivity contribution in [3.05, 3.63) is 42.0 Å². The van der Waals surface area contributed by atoms with E-state index in [4.69, 9.17) is 4.74 Å². The molecule has 33 heavy (non-hydrogen) atoms. The summed E-state index contributed by atoms with van der Waals surface area (Å²) in [5, 5.41) is 21.7. The number of nitrogens with zero attached hydrogens (tertiary/aromatic N) is 7. The van der Waals surface area contributed by atoms with Crippen LogP contribution in [0.2, 0.25) is 0 Å². The average Bonchev–Trinajstić information content (AvgIpc) is 3.56. The molecule has 0 radical (unpaired) electrons. The normalized spacial score (nSPS) is 23.8. The van der Waals surface area contributed by atoms with Gasteiger partial charge in [-0.3, -0.25) is 4.79 Å². The van der Waals surface area contributed by atoms with Gasteiger partial charge in [-0.05, 0) is 55.3 Å². The zero-order valence-corrected chi connectivity index (χ0v) is 18.5. The van der Waals surface area contributed by atoms with Crippen molar-refractivity contribution in [1.29, 1.82) is 0 Å². The maximum atomic E-state index is 13.5. The molecule has 1 spiro atoms. The van der Waals surface area contributed by atoms with Crippen molar-refractivity contribution < 1.29 is 19.4 Å². The molecule has 2 aromatic heterocycles. The van der Waals surface area contributed by atoms with E-state index in [-0.39, 0.29) is 24.5 Å². The summed E-state index contributed by atoms with van der Waals surface area (Å²) in [7, 11) is 0. The van der Waals surface area contributed by atoms with Crippen molar-refractivity contribution in [2.24, 2.45) is 5.41 Å². The molecule has 174 valence electrons. The van der Waals surface area contributed by atoms with Crippen LogP contribution in [-0.2, 0) is 14.3 Å². The Balaban J connectivity index is 1.20. The lowest BCUT2D eigenvalue weighted by Crippen LogP contribution is -2.45. The van der Waals surface area contributed by atoms with Gasteiger partial charge in [0, 0.05) is 30.4 Å². The maximum Gasteiger partial charge on any atom is 0.333 e. The van der Waals surface area contributed by atoms with Gasteiger partial charge in [0.2, 0.25) is 5.91 Å². The summed E-state index contributed by atoms with van der Waals surface area (Å²) in [6.45, 7) is 4.20. The summed E-state index contributed by atoms with van der Waals surface area (Å²) < 4.78 is 6.50. The second-order valence-corrected chi connectivity index (χ2v) is 8.99. The number of carbonyl (C=O) groups excluding carboxylic acids is 2. The second kappa shape index (κ2) is 8.64. The molecule has 2 fully saturated rings. The van der Waals surface area contributed by atoms with E-state index in [2.05, 4.69) is 32.3 Å². The van der Waals surface area contributed by atoms with E-state index in [9.17, 15) is 14.7 Å². The molecule has 1 amide bonds. The Morgan fingerprint density at radius 1 is 1.27 bits per heavy atom. The van der Waals surface area contributed by atoms with Gasteiger partial charge in [-0.2, -0.15) is 4.68 Å². The number of hydrogen-bond acceptors (Lipinski definition) is 9. The van der Waals surface area contributed by atoms with Crippen LogP contribution in [0, 0.1) is 5.41 Å². The molecule has 3 aliphatic rings. The van der Waals surface area contributed by atoms with E-state index in [1.54, 1.807) is 12.3 Å². The van der Waals surface area contributed by atoms with Crippen LogP contribution >= 0.6 is 0 Å². The number of tetrazole rings is 1. The Bertz CT molecular complexity index is 1050. The minimum absolute atomic E-state index is 0.0974. The molecule has 0 bridgehead atoms. The van der Waals surface area contributed by atoms with Crippen LogP contribution in [0.15, 0.2) is 36.4 Å². The van der Waals surface area contributed by atoms with Crippen LogP contribution < -0.4 is 0 Å². The van der Waals surface area contributed by atoms with Crippen LogP contribution in [0.25, 0.3) is 5.82 Å². The SMILES string of the molecule is CCC1CC2(CCN(CC(O)c3ccc(-n4cnnn4)nc3)CC2)C(=O)N1C1=CC(=O)OC1. The monoisotopic (exact) mass is 453 g/mol. The number of ether oxygens (including phenoxy) is 1. The number of rotatable bonds is 6. The van der Waals surface area contributed by atoms with Crippen molar-refractivity contribution in [2.75, 3.05) is 26.2 Å². The van der Waals surface area contributed by atoms with Gasteiger partial charge in [0.25, 0.3) is 0 Å². The van der Waals surface area contributed by atoms with Gasteiger partial charge in [-0.1, -0.05) is 13.0 Å². The van der Waals surface area contributed by atoms with Gasteiger partial charge >= 0.3 is 5.97 Å². The zero-order chi connectivity index (χ0) is 23.0. The molecule has 3 aliphatic heterocycles. The first kappa shape index (κ1) is 21.7. The van der Waals surface area contributed by atoms with Crippen LogP contribution in [0.3, 0.4) is 0 Å². The Hall–Kier alpha value is -3.18. The number of amides is 1. The largest absolute Gasteiger partial charge is 0.456 e. The molecule has 2 unspecified atom stereocenters. The molecule has 11 heteroatoms. The van der Waals surface area contributed by atoms with E-state index < -0.39 is 11.5 Å². The van der Waals surface area contributed by atoms with Gasteiger partial charge in [0.15, 0.2) is 5.82 Å². The molecular formula is C22H27N7O4. The fourth-order valence-corrected chi connectivity index (χ4v) is 5.17. The lowest BCUT2D eigenvalue weighted by molar-refractivity contribution is -0.139. The number of piperidine rings is 1. The molecule has 2 atom stereocenters. The van der Waals surface area contributed by atoms with Crippen molar-refractivity contribution >= 4 is 11.9 Å². The number of aliphatic hydroxyl groups excluding tert-OH is 1. The molecule has 1 N–H and O–H groups in total. The average molecular weight is 454 g/mol. The highest BCUT2D eigenvalue weighted by Gasteiger charge is 2.53. The van der Waals surface area contributed by atoms with Crippen molar-refractivity contribution in [1.82, 2.24) is 35.0 Å². The van der Waals surface area contributed by atoms with E-state index in [1.165, 1.54) is 17.1 Å². The van der Waals surface area contributed by atoms with Crippen molar-refractivity contribution in [3.63, 3.8) is 0 Å². The third kappa shape index (κ3) is 4.02. The molecule has 2 aromatic rings. The standard InChI is InChI=1S/C22H27N7O4/c1-2-16-10-22(21(32)29(16)17-9-20(31)33-13-17)5-7-27(8-6-22)12-18(30)15-3-4-19(23-11-15)28-14-24-25-26-28/h3-4,9,11,14,16,18,30H,2,5-8,10,12-13H2,1H3. The zero-order valence-electron chi connectivity index (χ0n) is 18.5. The number of β-amino-alcohol motifs (C(OH)–C–C–N with tert-alkyl or cyclic N) is 1. The van der Waals surface area contributed by atoms with E-state index >= 15 is 0 Å². The maximum absolute atomic E-state index is 13.5. The fraction of sp³-hybridized carbons (Fsp3) is 0.545. The highest BCUT2D eigenvalue weighted by atomic mass is 16.5. The number of cyclic esters (lactones) is 1. The first-order chi connectivity index (χ1) is 16.0. The van der Waals surface area contributed by atoms with E-state index in [1.807, 2.05) is 11.0 Å². The second-order valence-electron chi connectivity index (χ2n) is 8.99. The molecule has 2 saturated heterocycles. The van der Waals surface area contributed by atoms with Crippen molar-refractivity contribution in [3.8, 4) is 5.82 Å². The number of hydrogen-bond donors (Lipinski definition) is 1. The number of aromatic nitrogens is 5. The Morgan fingerprint density at radius 2 is 2.09 bits per heavy atom. The Morgan fingerprint density at radius 3 is 2.70 bits per heavy atom. The number of aliphatic hydroxyl groups is 1. The summed E-state index contributed by atoms with van der Waals surface area (Å²) in [6, 6.07) is 3.69. The van der Waals surface area contributed by atoms with E-state index in [0.29, 0.717) is 18.1 Å². The minimum Gasteiger partial charge on any atom is -0.456 e. The third-order valence-electron chi connectivity index (χ3n) is 7.08. The molecule has 0 aliphatic carbocycles. The molecule has 5 heterocycles. The number of likely N-dealkylation sites (tertiary alicyclic amines) is 2. The summed E-state index contributed by atoms with van der Waals surface area (Å²) in [6.07, 6.45) is 6.99. The first-order valence-electron chi connectivity index (χ1n) is 11.3. The molecule has 0 saturated carbocycles. The topological polar surface area (TPSA) is 127 Å². The predicted molar refractivity (Wildman–Crippen MR) is 115 cm³/mol. The molecular weight excluding hydrogens is 426 g/mol. The fourth-order valence-electron chi connectivity index (χ4n) is 5.17. The van der Waals surface area contributed by atoms with Crippen LogP contribution in [0.1, 0.15) is 44.3 Å². The highest BCUT2D eigenvalue weighted by molar-refractivity contribution is 5.91. The van der Waals surface area contributed by atoms with Crippen molar-refractivity contribution in [2.45, 2.75) is 44.8 Å². The van der Waals surface area contributed by atoms with Crippen LogP contribution in [0.5, 0.6) is 0 Å². The quantitative estimate of drug-likeness (QED) is 0.626. The third-order valence-corrected chi connectivity index (χ3v) is 7.08. The predicted octanol–water partition coefficient (Wildman–Crippen LogP) is 0.624. The minimum atomic E-state index is -0.680. The first-order valence-corrected chi connectivity index (χ1v) is 11.3. The highest BCUT2D eigenvalue weighted by Crippen LogP contribution is 2.47. The summed E-state index contributed by atoms with van der Waals surface area (Å²) in [5.74, 6) is 0.314. The summed E-state index contributed by atoms with van der Waals surface area (Å²) >= 11 is 0. The Kier molecular flexibility index (Phi) is 5.67. The van der Waals surface area contributed by atoms with Gasteiger partial charge in [0.1, 0.15) is 12.9 Å². The molecule has 5 rings (SSSR count). The number of esters is 1. The molecule has 0 aromatic carbocycles. The smallest absolute Gasteiger partial charge is 0.333 e. The number of pyridine rings is 1. The lowest BCUT2D eigenvalue weighted by Gasteiger charge is -2.38. The Labute approximate surface area is 191 Å². The van der Waals surface area contributed by atoms with Crippen LogP contribution in [0.4, 0.5) is 0 Å². The van der Waals surface area contributed by atoms with E-state index in [0.717, 1.165) is 44.3 Å².